The summed E-state index contributed by atoms with van der Waals surface area (Å²) in [6.45, 7) is 6.64. The zero-order chi connectivity index (χ0) is 21.5. The van der Waals surface area contributed by atoms with Gasteiger partial charge in [0, 0.05) is 13.1 Å². The first-order chi connectivity index (χ1) is 15.0. The number of aryl methyl sites for hydroxylation is 2. The summed E-state index contributed by atoms with van der Waals surface area (Å²) >= 11 is 0. The van der Waals surface area contributed by atoms with Crippen molar-refractivity contribution in [2.24, 2.45) is 0 Å². The maximum Gasteiger partial charge on any atom is 0.278 e. The quantitative estimate of drug-likeness (QED) is 0.709. The van der Waals surface area contributed by atoms with Crippen LogP contribution in [0.1, 0.15) is 22.3 Å². The number of ether oxygens (including phenoxy) is 3. The van der Waals surface area contributed by atoms with Crippen LogP contribution < -0.4 is 9.47 Å². The Balaban J connectivity index is 1.52. The Morgan fingerprint density at radius 1 is 0.871 bits per heavy atom. The van der Waals surface area contributed by atoms with E-state index in [1.165, 1.54) is 4.90 Å². The van der Waals surface area contributed by atoms with Gasteiger partial charge in [-0.05, 0) is 48.2 Å². The normalized spacial score (nSPS) is 18.4. The third kappa shape index (κ3) is 3.45. The molecule has 0 atom stereocenters. The summed E-state index contributed by atoms with van der Waals surface area (Å²) in [4.78, 5) is 30.3. The van der Waals surface area contributed by atoms with E-state index in [4.69, 9.17) is 14.2 Å². The van der Waals surface area contributed by atoms with Gasteiger partial charge in [0.1, 0.15) is 5.70 Å². The van der Waals surface area contributed by atoms with Gasteiger partial charge in [0.05, 0.1) is 25.3 Å². The summed E-state index contributed by atoms with van der Waals surface area (Å²) in [5.74, 6) is 0.767. The van der Waals surface area contributed by atoms with E-state index in [2.05, 4.69) is 0 Å². The summed E-state index contributed by atoms with van der Waals surface area (Å²) < 4.78 is 16.3. The number of fused-ring (bicyclic) bond motifs is 1. The maximum absolute atomic E-state index is 13.5. The molecule has 7 heteroatoms. The standard InChI is InChI=1S/C24H24N2O5/c1-15-3-5-18(11-16(15)2)21-22(25-7-9-29-10-8-25)24(28)26(23(21)27)13-17-4-6-19-20(12-17)31-14-30-19/h3-6,11-12H,7-10,13-14H2,1-2H3. The second-order valence-electron chi connectivity index (χ2n) is 8.01. The average Bonchev–Trinajstić information content (AvgIpc) is 3.34. The van der Waals surface area contributed by atoms with Crippen LogP contribution in [0.3, 0.4) is 0 Å². The van der Waals surface area contributed by atoms with Gasteiger partial charge in [0.2, 0.25) is 6.79 Å². The van der Waals surface area contributed by atoms with Crippen molar-refractivity contribution >= 4 is 17.4 Å². The number of imide groups is 1. The summed E-state index contributed by atoms with van der Waals surface area (Å²) in [6, 6.07) is 11.4. The van der Waals surface area contributed by atoms with Gasteiger partial charge in [-0.15, -0.1) is 0 Å². The molecule has 1 saturated heterocycles. The molecule has 0 N–H and O–H groups in total. The number of benzene rings is 2. The highest BCUT2D eigenvalue weighted by Gasteiger charge is 2.42. The van der Waals surface area contributed by atoms with Crippen molar-refractivity contribution in [3.05, 3.63) is 64.3 Å². The predicted octanol–water partition coefficient (Wildman–Crippen LogP) is 2.64. The molecule has 5 rings (SSSR count). The number of hydrogen-bond donors (Lipinski definition) is 0. The molecule has 0 aromatic heterocycles. The lowest BCUT2D eigenvalue weighted by molar-refractivity contribution is -0.138. The highest BCUT2D eigenvalue weighted by Crippen LogP contribution is 2.36. The fraction of sp³-hybridized carbons (Fsp3) is 0.333. The zero-order valence-corrected chi connectivity index (χ0v) is 17.6. The van der Waals surface area contributed by atoms with Gasteiger partial charge in [-0.25, -0.2) is 0 Å². The van der Waals surface area contributed by atoms with E-state index in [-0.39, 0.29) is 25.2 Å². The molecule has 0 bridgehead atoms. The Bertz CT molecular complexity index is 1100. The molecule has 0 aliphatic carbocycles. The molecule has 0 radical (unpaired) electrons. The van der Waals surface area contributed by atoms with Gasteiger partial charge in [-0.1, -0.05) is 24.3 Å². The zero-order valence-electron chi connectivity index (χ0n) is 17.6. The molecule has 2 aromatic rings. The minimum atomic E-state index is -0.271. The molecule has 31 heavy (non-hydrogen) atoms. The summed E-state index contributed by atoms with van der Waals surface area (Å²) in [7, 11) is 0. The first kappa shape index (κ1) is 19.6. The Labute approximate surface area is 180 Å². The molecule has 3 aliphatic rings. The lowest BCUT2D eigenvalue weighted by atomic mass is 9.99. The van der Waals surface area contributed by atoms with E-state index >= 15 is 0 Å². The molecule has 3 heterocycles. The molecule has 3 aliphatic heterocycles. The Kier molecular flexibility index (Phi) is 4.90. The molecule has 7 nitrogen and oxygen atoms in total. The SMILES string of the molecule is Cc1ccc(C2=C(N3CCOCC3)C(=O)N(Cc3ccc4c(c3)OCO4)C2=O)cc1C. The summed E-state index contributed by atoms with van der Waals surface area (Å²) in [5, 5.41) is 0. The van der Waals surface area contributed by atoms with Crippen LogP contribution in [-0.4, -0.2) is 54.7 Å². The Morgan fingerprint density at radius 3 is 2.42 bits per heavy atom. The minimum Gasteiger partial charge on any atom is -0.454 e. The van der Waals surface area contributed by atoms with Crippen LogP contribution in [0.15, 0.2) is 42.1 Å². The number of carbonyl (C=O) groups is 2. The summed E-state index contributed by atoms with van der Waals surface area (Å²) in [5.41, 5.74) is 4.75. The Hall–Kier alpha value is -3.32. The van der Waals surface area contributed by atoms with Gasteiger partial charge in [0.25, 0.3) is 11.8 Å². The fourth-order valence-electron chi connectivity index (χ4n) is 4.17. The van der Waals surface area contributed by atoms with Gasteiger partial charge >= 0.3 is 0 Å². The van der Waals surface area contributed by atoms with Crippen molar-refractivity contribution < 1.29 is 23.8 Å². The van der Waals surface area contributed by atoms with Gasteiger partial charge in [-0.2, -0.15) is 0 Å². The molecular formula is C24H24N2O5. The number of nitrogens with zero attached hydrogens (tertiary/aromatic N) is 2. The van der Waals surface area contributed by atoms with E-state index < -0.39 is 0 Å². The molecule has 2 aromatic carbocycles. The van der Waals surface area contributed by atoms with Crippen molar-refractivity contribution in [1.29, 1.82) is 0 Å². The van der Waals surface area contributed by atoms with Crippen LogP contribution in [0.4, 0.5) is 0 Å². The fourth-order valence-corrected chi connectivity index (χ4v) is 4.17. The highest BCUT2D eigenvalue weighted by atomic mass is 16.7. The van der Waals surface area contributed by atoms with Crippen LogP contribution in [0.25, 0.3) is 5.57 Å². The first-order valence-corrected chi connectivity index (χ1v) is 10.4. The third-order valence-electron chi connectivity index (χ3n) is 6.04. The molecule has 1 fully saturated rings. The van der Waals surface area contributed by atoms with Crippen LogP contribution in [0.5, 0.6) is 11.5 Å². The number of morpholine rings is 1. The molecule has 0 saturated carbocycles. The monoisotopic (exact) mass is 420 g/mol. The number of rotatable bonds is 4. The van der Waals surface area contributed by atoms with Gasteiger partial charge < -0.3 is 19.1 Å². The van der Waals surface area contributed by atoms with Crippen LogP contribution in [0.2, 0.25) is 0 Å². The minimum absolute atomic E-state index is 0.177. The van der Waals surface area contributed by atoms with E-state index in [0.717, 1.165) is 22.3 Å². The third-order valence-corrected chi connectivity index (χ3v) is 6.04. The second-order valence-corrected chi connectivity index (χ2v) is 8.01. The topological polar surface area (TPSA) is 68.3 Å². The van der Waals surface area contributed by atoms with E-state index in [1.807, 2.05) is 55.1 Å². The van der Waals surface area contributed by atoms with Crippen LogP contribution in [0, 0.1) is 13.8 Å². The molecule has 0 unspecified atom stereocenters. The van der Waals surface area contributed by atoms with Crippen molar-refractivity contribution in [3.63, 3.8) is 0 Å². The number of hydrogen-bond acceptors (Lipinski definition) is 6. The Morgan fingerprint density at radius 2 is 1.65 bits per heavy atom. The van der Waals surface area contributed by atoms with E-state index in [0.29, 0.717) is 49.1 Å². The van der Waals surface area contributed by atoms with Crippen LogP contribution in [-0.2, 0) is 20.9 Å². The largest absolute Gasteiger partial charge is 0.454 e. The number of amides is 2. The predicted molar refractivity (Wildman–Crippen MR) is 113 cm³/mol. The molecule has 2 amide bonds. The van der Waals surface area contributed by atoms with Crippen molar-refractivity contribution in [2.75, 3.05) is 33.1 Å². The van der Waals surface area contributed by atoms with Gasteiger partial charge in [-0.3, -0.25) is 14.5 Å². The van der Waals surface area contributed by atoms with Crippen molar-refractivity contribution in [3.8, 4) is 11.5 Å². The van der Waals surface area contributed by atoms with E-state index in [9.17, 15) is 9.59 Å². The molecular weight excluding hydrogens is 396 g/mol. The summed E-state index contributed by atoms with van der Waals surface area (Å²) in [6.07, 6.45) is 0. The lowest BCUT2D eigenvalue weighted by Crippen LogP contribution is -2.40. The van der Waals surface area contributed by atoms with Crippen molar-refractivity contribution in [1.82, 2.24) is 9.80 Å². The average molecular weight is 420 g/mol. The van der Waals surface area contributed by atoms with Crippen molar-refractivity contribution in [2.45, 2.75) is 20.4 Å². The number of carbonyl (C=O) groups excluding carboxylic acids is 2. The maximum atomic E-state index is 13.5. The first-order valence-electron chi connectivity index (χ1n) is 10.4. The van der Waals surface area contributed by atoms with Gasteiger partial charge in [0.15, 0.2) is 11.5 Å². The molecule has 0 spiro atoms. The molecule has 160 valence electrons. The highest BCUT2D eigenvalue weighted by molar-refractivity contribution is 6.35. The second kappa shape index (κ2) is 7.74. The smallest absolute Gasteiger partial charge is 0.278 e. The van der Waals surface area contributed by atoms with Crippen LogP contribution >= 0.6 is 0 Å². The lowest BCUT2D eigenvalue weighted by Gasteiger charge is -2.29. The van der Waals surface area contributed by atoms with E-state index in [1.54, 1.807) is 0 Å².